The van der Waals surface area contributed by atoms with Gasteiger partial charge in [0.15, 0.2) is 6.04 Å². The Labute approximate surface area is 127 Å². The number of fused-ring (bicyclic) bond motifs is 1. The van der Waals surface area contributed by atoms with Crippen molar-refractivity contribution in [2.45, 2.75) is 36.1 Å². The molecule has 21 heavy (non-hydrogen) atoms. The van der Waals surface area contributed by atoms with Crippen LogP contribution in [-0.2, 0) is 14.3 Å². The van der Waals surface area contributed by atoms with E-state index in [-0.39, 0.29) is 11.3 Å². The van der Waals surface area contributed by atoms with Crippen LogP contribution < -0.4 is 0 Å². The molecular weight excluding hydrogens is 294 g/mol. The number of ether oxygens (including phenoxy) is 1. The minimum absolute atomic E-state index is 0.161. The van der Waals surface area contributed by atoms with E-state index in [1.807, 2.05) is 18.7 Å². The molecule has 7 nitrogen and oxygen atoms in total. The number of amides is 1. The van der Waals surface area contributed by atoms with Gasteiger partial charge in [-0.1, -0.05) is 0 Å². The summed E-state index contributed by atoms with van der Waals surface area (Å²) in [5, 5.41) is 9.18. The molecule has 3 fully saturated rings. The van der Waals surface area contributed by atoms with Gasteiger partial charge in [0.25, 0.3) is 5.91 Å². The van der Waals surface area contributed by atoms with Gasteiger partial charge in [0, 0.05) is 17.8 Å². The standard InChI is InChI=1S/C13H19N3O4S/c1-13(2)9(12(18)19)16-10(17)8(11(16)21-13)14-7-15-3-5-20-6-4-15/h7-9,11H,3-6H2,1-2H3,(H,18,19)/t8-,9+,11-/m1/s1. The summed E-state index contributed by atoms with van der Waals surface area (Å²) in [5.41, 5.74) is 0. The molecule has 0 aromatic heterocycles. The molecule has 116 valence electrons. The minimum Gasteiger partial charge on any atom is -0.480 e. The molecule has 8 heteroatoms. The summed E-state index contributed by atoms with van der Waals surface area (Å²) in [6.45, 7) is 6.62. The fraction of sp³-hybridized carbons (Fsp3) is 0.769. The highest BCUT2D eigenvalue weighted by Crippen LogP contribution is 2.51. The summed E-state index contributed by atoms with van der Waals surface area (Å²) < 4.78 is 4.77. The molecule has 0 spiro atoms. The van der Waals surface area contributed by atoms with Gasteiger partial charge in [-0.2, -0.15) is 0 Å². The zero-order valence-electron chi connectivity index (χ0n) is 12.1. The van der Waals surface area contributed by atoms with E-state index in [1.54, 1.807) is 6.34 Å². The maximum atomic E-state index is 12.2. The van der Waals surface area contributed by atoms with Crippen LogP contribution in [0.4, 0.5) is 0 Å². The Hall–Kier alpha value is -1.28. The lowest BCUT2D eigenvalue weighted by atomic mass is 9.96. The van der Waals surface area contributed by atoms with E-state index in [1.165, 1.54) is 16.7 Å². The fourth-order valence-electron chi connectivity index (χ4n) is 2.99. The Balaban J connectivity index is 1.69. The number of nitrogens with zero attached hydrogens (tertiary/aromatic N) is 3. The molecule has 3 atom stereocenters. The minimum atomic E-state index is -0.945. The third-order valence-electron chi connectivity index (χ3n) is 4.08. The number of morpholine rings is 1. The number of carbonyl (C=O) groups excluding carboxylic acids is 1. The van der Waals surface area contributed by atoms with E-state index in [0.717, 1.165) is 13.1 Å². The molecule has 3 aliphatic heterocycles. The Bertz CT molecular complexity index is 490. The van der Waals surface area contributed by atoms with Gasteiger partial charge in [0.05, 0.1) is 19.6 Å². The van der Waals surface area contributed by atoms with Crippen LogP contribution in [0.5, 0.6) is 0 Å². The van der Waals surface area contributed by atoms with Crippen molar-refractivity contribution in [2.24, 2.45) is 4.99 Å². The highest BCUT2D eigenvalue weighted by atomic mass is 32.2. The topological polar surface area (TPSA) is 82.4 Å². The van der Waals surface area contributed by atoms with Gasteiger partial charge in [0.1, 0.15) is 11.4 Å². The van der Waals surface area contributed by atoms with Gasteiger partial charge >= 0.3 is 5.97 Å². The largest absolute Gasteiger partial charge is 0.480 e. The van der Waals surface area contributed by atoms with E-state index in [2.05, 4.69) is 4.99 Å². The van der Waals surface area contributed by atoms with E-state index < -0.39 is 22.8 Å². The highest BCUT2D eigenvalue weighted by Gasteiger charge is 2.63. The summed E-state index contributed by atoms with van der Waals surface area (Å²) in [4.78, 5) is 31.5. The second kappa shape index (κ2) is 5.17. The first-order valence-electron chi connectivity index (χ1n) is 7.00. The number of carboxylic acids is 1. The number of aliphatic carboxylic acids is 1. The molecule has 0 aliphatic carbocycles. The Kier molecular flexibility index (Phi) is 3.61. The van der Waals surface area contributed by atoms with Gasteiger partial charge in [-0.05, 0) is 13.8 Å². The molecular formula is C13H19N3O4S. The molecule has 0 radical (unpaired) electrons. The van der Waals surface area contributed by atoms with E-state index in [4.69, 9.17) is 4.74 Å². The maximum absolute atomic E-state index is 12.2. The predicted octanol–water partition coefficient (Wildman–Crippen LogP) is -0.138. The highest BCUT2D eigenvalue weighted by molar-refractivity contribution is 8.01. The Morgan fingerprint density at radius 2 is 2.14 bits per heavy atom. The smallest absolute Gasteiger partial charge is 0.327 e. The molecule has 1 amide bonds. The van der Waals surface area contributed by atoms with Crippen molar-refractivity contribution in [3.63, 3.8) is 0 Å². The average Bonchev–Trinajstić information content (AvgIpc) is 2.69. The molecule has 3 rings (SSSR count). The van der Waals surface area contributed by atoms with Gasteiger partial charge in [-0.25, -0.2) is 4.79 Å². The summed E-state index contributed by atoms with van der Waals surface area (Å²) >= 11 is 1.52. The van der Waals surface area contributed by atoms with Crippen molar-refractivity contribution in [3.8, 4) is 0 Å². The third-order valence-corrected chi connectivity index (χ3v) is 5.64. The summed E-state index contributed by atoms with van der Waals surface area (Å²) in [6, 6.07) is -1.23. The zero-order valence-corrected chi connectivity index (χ0v) is 12.9. The molecule has 0 aromatic carbocycles. The van der Waals surface area contributed by atoms with Crippen molar-refractivity contribution >= 4 is 30.0 Å². The number of thioether (sulfide) groups is 1. The molecule has 0 unspecified atom stereocenters. The fourth-order valence-corrected chi connectivity index (χ4v) is 4.61. The second-order valence-corrected chi connectivity index (χ2v) is 7.73. The summed E-state index contributed by atoms with van der Waals surface area (Å²) in [5.74, 6) is -1.13. The normalized spacial score (nSPS) is 35.0. The van der Waals surface area contributed by atoms with Crippen LogP contribution in [0.15, 0.2) is 4.99 Å². The number of hydrogen-bond donors (Lipinski definition) is 1. The predicted molar refractivity (Wildman–Crippen MR) is 78.4 cm³/mol. The quantitative estimate of drug-likeness (QED) is 0.444. The Morgan fingerprint density at radius 3 is 2.76 bits per heavy atom. The average molecular weight is 313 g/mol. The molecule has 0 aromatic rings. The maximum Gasteiger partial charge on any atom is 0.327 e. The molecule has 3 saturated heterocycles. The molecule has 0 saturated carbocycles. The number of rotatable bonds is 3. The number of hydrogen-bond acceptors (Lipinski definition) is 5. The third kappa shape index (κ3) is 2.40. The van der Waals surface area contributed by atoms with Crippen molar-refractivity contribution in [2.75, 3.05) is 26.3 Å². The number of carbonyl (C=O) groups is 2. The molecule has 3 heterocycles. The second-order valence-electron chi connectivity index (χ2n) is 5.96. The van der Waals surface area contributed by atoms with Gasteiger partial charge in [-0.15, -0.1) is 11.8 Å². The zero-order chi connectivity index (χ0) is 15.2. The van der Waals surface area contributed by atoms with E-state index in [0.29, 0.717) is 13.2 Å². The van der Waals surface area contributed by atoms with Crippen molar-refractivity contribution in [1.82, 2.24) is 9.80 Å². The molecule has 3 aliphatic rings. The van der Waals surface area contributed by atoms with Crippen LogP contribution in [0.2, 0.25) is 0 Å². The van der Waals surface area contributed by atoms with Crippen LogP contribution in [0, 0.1) is 0 Å². The van der Waals surface area contributed by atoms with Crippen molar-refractivity contribution in [3.05, 3.63) is 0 Å². The van der Waals surface area contributed by atoms with E-state index in [9.17, 15) is 14.7 Å². The van der Waals surface area contributed by atoms with E-state index >= 15 is 0 Å². The monoisotopic (exact) mass is 313 g/mol. The first-order valence-corrected chi connectivity index (χ1v) is 7.88. The first kappa shape index (κ1) is 14.6. The lowest BCUT2D eigenvalue weighted by Crippen LogP contribution is -2.65. The van der Waals surface area contributed by atoms with Crippen LogP contribution in [0.25, 0.3) is 0 Å². The van der Waals surface area contributed by atoms with Crippen LogP contribution >= 0.6 is 11.8 Å². The Morgan fingerprint density at radius 1 is 1.48 bits per heavy atom. The van der Waals surface area contributed by atoms with Crippen molar-refractivity contribution in [1.29, 1.82) is 0 Å². The lowest BCUT2D eigenvalue weighted by molar-refractivity contribution is -0.158. The number of carboxylic acid groups (broad SMARTS) is 1. The van der Waals surface area contributed by atoms with Gasteiger partial charge in [0.2, 0.25) is 0 Å². The number of aliphatic imine (C=N–C) groups is 1. The SMILES string of the molecule is CC1(C)S[C@@H]2[C@H](N=CN3CCOCC3)C(=O)N2[C@H]1C(=O)O. The van der Waals surface area contributed by atoms with Crippen LogP contribution in [-0.4, -0.2) is 81.6 Å². The van der Waals surface area contributed by atoms with Crippen molar-refractivity contribution < 1.29 is 19.4 Å². The van der Waals surface area contributed by atoms with Gasteiger partial charge in [-0.3, -0.25) is 9.79 Å². The molecule has 0 bridgehead atoms. The summed E-state index contributed by atoms with van der Waals surface area (Å²) in [6.07, 6.45) is 1.71. The van der Waals surface area contributed by atoms with Gasteiger partial charge < -0.3 is 19.6 Å². The van der Waals surface area contributed by atoms with Crippen LogP contribution in [0.3, 0.4) is 0 Å². The van der Waals surface area contributed by atoms with Crippen LogP contribution in [0.1, 0.15) is 13.8 Å². The summed E-state index contributed by atoms with van der Waals surface area (Å²) in [7, 11) is 0. The number of β-lactam (4-membered cyclic amide) rings is 1. The lowest BCUT2D eigenvalue weighted by Gasteiger charge is -2.41. The first-order chi connectivity index (χ1) is 9.92. The molecule has 1 N–H and O–H groups in total.